The van der Waals surface area contributed by atoms with Crippen LogP contribution in [0.1, 0.15) is 23.4 Å². The third-order valence-electron chi connectivity index (χ3n) is 3.37. The van der Waals surface area contributed by atoms with E-state index in [1.54, 1.807) is 28.4 Å². The third kappa shape index (κ3) is 3.40. The molecular weight excluding hydrogens is 296 g/mol. The molecule has 3 rings (SSSR count). The standard InChI is InChI=1S/C16H16N4OS/c1-12(18-16(21)11-15-3-2-10-22-15)13-4-6-14(7-5-13)20-9-8-17-19-20/h2-10,12H,11H2,1H3,(H,18,21)/t12-/m1/s1. The van der Waals surface area contributed by atoms with Crippen LogP contribution in [0.2, 0.25) is 0 Å². The highest BCUT2D eigenvalue weighted by Crippen LogP contribution is 2.16. The minimum absolute atomic E-state index is 0.0303. The lowest BCUT2D eigenvalue weighted by Gasteiger charge is -2.14. The van der Waals surface area contributed by atoms with Gasteiger partial charge in [-0.3, -0.25) is 4.79 Å². The minimum atomic E-state index is -0.0303. The molecule has 1 aromatic carbocycles. The van der Waals surface area contributed by atoms with Gasteiger partial charge in [-0.15, -0.1) is 16.4 Å². The molecule has 112 valence electrons. The normalized spacial score (nSPS) is 12.0. The Balaban J connectivity index is 1.62. The van der Waals surface area contributed by atoms with E-state index >= 15 is 0 Å². The van der Waals surface area contributed by atoms with E-state index < -0.39 is 0 Å². The number of carbonyl (C=O) groups is 1. The smallest absolute Gasteiger partial charge is 0.225 e. The molecule has 6 heteroatoms. The number of aromatic nitrogens is 3. The van der Waals surface area contributed by atoms with Crippen molar-refractivity contribution in [3.63, 3.8) is 0 Å². The van der Waals surface area contributed by atoms with Gasteiger partial charge in [0, 0.05) is 4.88 Å². The molecule has 2 heterocycles. The zero-order valence-corrected chi connectivity index (χ0v) is 13.0. The zero-order valence-electron chi connectivity index (χ0n) is 12.1. The van der Waals surface area contributed by atoms with E-state index in [0.717, 1.165) is 16.1 Å². The van der Waals surface area contributed by atoms with Crippen molar-refractivity contribution in [1.82, 2.24) is 20.3 Å². The molecule has 0 bridgehead atoms. The van der Waals surface area contributed by atoms with E-state index in [9.17, 15) is 4.79 Å². The average molecular weight is 312 g/mol. The average Bonchev–Trinajstić information content (AvgIpc) is 3.20. The van der Waals surface area contributed by atoms with Gasteiger partial charge in [0.05, 0.1) is 30.5 Å². The molecule has 1 N–H and O–H groups in total. The van der Waals surface area contributed by atoms with Crippen molar-refractivity contribution in [1.29, 1.82) is 0 Å². The first-order valence-corrected chi connectivity index (χ1v) is 7.89. The fraction of sp³-hybridized carbons (Fsp3) is 0.188. The lowest BCUT2D eigenvalue weighted by molar-refractivity contribution is -0.121. The highest BCUT2D eigenvalue weighted by molar-refractivity contribution is 7.10. The summed E-state index contributed by atoms with van der Waals surface area (Å²) in [6.07, 6.45) is 3.86. The molecule has 3 aromatic rings. The molecule has 0 fully saturated rings. The van der Waals surface area contributed by atoms with Gasteiger partial charge in [0.1, 0.15) is 0 Å². The summed E-state index contributed by atoms with van der Waals surface area (Å²) < 4.78 is 1.70. The van der Waals surface area contributed by atoms with Crippen molar-refractivity contribution in [2.45, 2.75) is 19.4 Å². The summed E-state index contributed by atoms with van der Waals surface area (Å²) in [5.41, 5.74) is 2.00. The highest BCUT2D eigenvalue weighted by atomic mass is 32.1. The maximum Gasteiger partial charge on any atom is 0.225 e. The SMILES string of the molecule is C[C@@H](NC(=O)Cc1cccs1)c1ccc(-n2ccnn2)cc1. The predicted molar refractivity (Wildman–Crippen MR) is 85.9 cm³/mol. The van der Waals surface area contributed by atoms with Gasteiger partial charge in [-0.2, -0.15) is 0 Å². The van der Waals surface area contributed by atoms with Crippen LogP contribution in [-0.2, 0) is 11.2 Å². The number of rotatable bonds is 5. The van der Waals surface area contributed by atoms with Crippen LogP contribution in [0.15, 0.2) is 54.2 Å². The number of amides is 1. The van der Waals surface area contributed by atoms with Crippen molar-refractivity contribution in [2.24, 2.45) is 0 Å². The summed E-state index contributed by atoms with van der Waals surface area (Å²) in [6.45, 7) is 1.98. The maximum absolute atomic E-state index is 12.0. The van der Waals surface area contributed by atoms with Gasteiger partial charge in [0.2, 0.25) is 5.91 Å². The number of hydrogen-bond donors (Lipinski definition) is 1. The van der Waals surface area contributed by atoms with Crippen LogP contribution in [0.25, 0.3) is 5.69 Å². The molecule has 5 nitrogen and oxygen atoms in total. The minimum Gasteiger partial charge on any atom is -0.349 e. The molecule has 0 saturated heterocycles. The highest BCUT2D eigenvalue weighted by Gasteiger charge is 2.11. The third-order valence-corrected chi connectivity index (χ3v) is 4.25. The maximum atomic E-state index is 12.0. The Bertz CT molecular complexity index is 720. The lowest BCUT2D eigenvalue weighted by Crippen LogP contribution is -2.27. The van der Waals surface area contributed by atoms with E-state index in [-0.39, 0.29) is 11.9 Å². The Labute approximate surface area is 132 Å². The second-order valence-electron chi connectivity index (χ2n) is 4.98. The second kappa shape index (κ2) is 6.53. The molecule has 0 spiro atoms. The Kier molecular flexibility index (Phi) is 4.29. The molecule has 0 aliphatic carbocycles. The van der Waals surface area contributed by atoms with Gasteiger partial charge in [-0.1, -0.05) is 23.4 Å². The molecule has 0 radical (unpaired) electrons. The molecule has 0 aliphatic rings. The molecule has 22 heavy (non-hydrogen) atoms. The first-order valence-electron chi connectivity index (χ1n) is 7.01. The van der Waals surface area contributed by atoms with Crippen LogP contribution in [0.4, 0.5) is 0 Å². The van der Waals surface area contributed by atoms with Crippen LogP contribution in [-0.4, -0.2) is 20.9 Å². The van der Waals surface area contributed by atoms with Crippen molar-refractivity contribution in [3.05, 3.63) is 64.6 Å². The van der Waals surface area contributed by atoms with E-state index in [4.69, 9.17) is 0 Å². The molecule has 2 aromatic heterocycles. The quantitative estimate of drug-likeness (QED) is 0.788. The number of carbonyl (C=O) groups excluding carboxylic acids is 1. The Morgan fingerprint density at radius 1 is 1.32 bits per heavy atom. The van der Waals surface area contributed by atoms with Crippen molar-refractivity contribution >= 4 is 17.2 Å². The number of nitrogens with zero attached hydrogens (tertiary/aromatic N) is 3. The summed E-state index contributed by atoms with van der Waals surface area (Å²) in [6, 6.07) is 11.8. The summed E-state index contributed by atoms with van der Waals surface area (Å²) >= 11 is 1.60. The molecule has 0 saturated carbocycles. The number of nitrogens with one attached hydrogen (secondary N) is 1. The second-order valence-corrected chi connectivity index (χ2v) is 6.02. The van der Waals surface area contributed by atoms with Crippen molar-refractivity contribution in [2.75, 3.05) is 0 Å². The molecule has 0 aliphatic heterocycles. The first-order chi connectivity index (χ1) is 10.7. The van der Waals surface area contributed by atoms with E-state index in [1.165, 1.54) is 0 Å². The monoisotopic (exact) mass is 312 g/mol. The summed E-state index contributed by atoms with van der Waals surface area (Å²) in [5.74, 6) is 0.0373. The van der Waals surface area contributed by atoms with Crippen LogP contribution < -0.4 is 5.32 Å². The lowest BCUT2D eigenvalue weighted by atomic mass is 10.1. The molecule has 1 amide bonds. The van der Waals surface area contributed by atoms with Crippen LogP contribution >= 0.6 is 11.3 Å². The summed E-state index contributed by atoms with van der Waals surface area (Å²) in [5, 5.41) is 12.7. The topological polar surface area (TPSA) is 59.8 Å². The van der Waals surface area contributed by atoms with Gasteiger partial charge < -0.3 is 5.32 Å². The molecular formula is C16H16N4OS. The summed E-state index contributed by atoms with van der Waals surface area (Å²) in [7, 11) is 0. The molecule has 1 atom stereocenters. The van der Waals surface area contributed by atoms with Crippen LogP contribution in [0.3, 0.4) is 0 Å². The zero-order chi connectivity index (χ0) is 15.4. The van der Waals surface area contributed by atoms with E-state index in [1.807, 2.05) is 48.7 Å². The fourth-order valence-electron chi connectivity index (χ4n) is 2.21. The van der Waals surface area contributed by atoms with Crippen molar-refractivity contribution in [3.8, 4) is 5.69 Å². The first kappa shape index (κ1) is 14.5. The van der Waals surface area contributed by atoms with Crippen LogP contribution in [0.5, 0.6) is 0 Å². The number of thiophene rings is 1. The summed E-state index contributed by atoms with van der Waals surface area (Å²) in [4.78, 5) is 13.1. The Morgan fingerprint density at radius 2 is 2.14 bits per heavy atom. The van der Waals surface area contributed by atoms with Crippen LogP contribution in [0, 0.1) is 0 Å². The number of benzene rings is 1. The van der Waals surface area contributed by atoms with Crippen molar-refractivity contribution < 1.29 is 4.79 Å². The van der Waals surface area contributed by atoms with E-state index in [0.29, 0.717) is 6.42 Å². The largest absolute Gasteiger partial charge is 0.349 e. The van der Waals surface area contributed by atoms with E-state index in [2.05, 4.69) is 15.6 Å². The number of hydrogen-bond acceptors (Lipinski definition) is 4. The predicted octanol–water partition coefficient (Wildman–Crippen LogP) is 2.75. The Hall–Kier alpha value is -2.47. The van der Waals surface area contributed by atoms with Gasteiger partial charge >= 0.3 is 0 Å². The van der Waals surface area contributed by atoms with Gasteiger partial charge in [0.15, 0.2) is 0 Å². The van der Waals surface area contributed by atoms with Gasteiger partial charge in [-0.25, -0.2) is 4.68 Å². The van der Waals surface area contributed by atoms with Gasteiger partial charge in [-0.05, 0) is 36.1 Å². The fourth-order valence-corrected chi connectivity index (χ4v) is 2.91. The molecule has 0 unspecified atom stereocenters. The Morgan fingerprint density at radius 3 is 2.77 bits per heavy atom. The van der Waals surface area contributed by atoms with Gasteiger partial charge in [0.25, 0.3) is 0 Å².